The minimum atomic E-state index is -3.35. The van der Waals surface area contributed by atoms with E-state index in [2.05, 4.69) is 5.32 Å². The minimum Gasteiger partial charge on any atom is -0.444 e. The number of halogens is 1. The molecule has 0 aliphatic heterocycles. The van der Waals surface area contributed by atoms with Gasteiger partial charge in [-0.25, -0.2) is 4.79 Å². The number of ether oxygens (including phenoxy) is 1. The third kappa shape index (κ3) is 7.75. The Morgan fingerprint density at radius 3 is 2.29 bits per heavy atom. The third-order valence-electron chi connectivity index (χ3n) is 4.26. The van der Waals surface area contributed by atoms with Crippen LogP contribution in [0.15, 0.2) is 24.3 Å². The molecule has 0 saturated carbocycles. The van der Waals surface area contributed by atoms with Crippen LogP contribution in [0.3, 0.4) is 0 Å². The summed E-state index contributed by atoms with van der Waals surface area (Å²) in [6.07, 6.45) is -0.145. The van der Waals surface area contributed by atoms with Crippen LogP contribution in [0.4, 0.5) is 4.79 Å². The first-order valence-corrected chi connectivity index (χ1v) is 11.8. The van der Waals surface area contributed by atoms with Gasteiger partial charge in [-0.05, 0) is 58.7 Å². The topological polar surface area (TPSA) is 84.9 Å². The van der Waals surface area contributed by atoms with Crippen LogP contribution < -0.4 is 5.32 Å². The van der Waals surface area contributed by atoms with Crippen molar-refractivity contribution in [2.45, 2.75) is 71.4 Å². The van der Waals surface area contributed by atoms with E-state index < -0.39 is 31.0 Å². The quantitative estimate of drug-likeness (QED) is 0.510. The normalized spacial score (nSPS) is 17.3. The molecule has 1 aromatic carbocycles. The van der Waals surface area contributed by atoms with Crippen LogP contribution in [0.2, 0.25) is 5.02 Å². The Hall–Kier alpha value is -1.07. The first-order valence-electron chi connectivity index (χ1n) is 9.58. The molecule has 4 unspecified atom stereocenters. The number of carbonyl (C=O) groups excluding carboxylic acids is 1. The van der Waals surface area contributed by atoms with Crippen molar-refractivity contribution in [1.29, 1.82) is 0 Å². The molecule has 6 nitrogen and oxygen atoms in total. The molecule has 1 rings (SSSR count). The van der Waals surface area contributed by atoms with Crippen molar-refractivity contribution in [2.75, 3.05) is 12.8 Å². The lowest BCUT2D eigenvalue weighted by molar-refractivity contribution is 0.0502. The van der Waals surface area contributed by atoms with Gasteiger partial charge in [-0.15, -0.1) is 0 Å². The molecule has 0 bridgehead atoms. The zero-order chi connectivity index (χ0) is 21.5. The van der Waals surface area contributed by atoms with Crippen LogP contribution in [0.1, 0.15) is 59.4 Å². The van der Waals surface area contributed by atoms with Crippen molar-refractivity contribution in [3.63, 3.8) is 0 Å². The number of alkyl carbamates (subject to hydrolysis) is 1. The van der Waals surface area contributed by atoms with Crippen molar-refractivity contribution in [3.8, 4) is 0 Å². The van der Waals surface area contributed by atoms with Gasteiger partial charge in [-0.3, -0.25) is 4.57 Å². The fourth-order valence-electron chi connectivity index (χ4n) is 2.89. The molecular weight excluding hydrogens is 401 g/mol. The maximum atomic E-state index is 13.4. The average molecular weight is 434 g/mol. The van der Waals surface area contributed by atoms with Gasteiger partial charge in [0.05, 0.1) is 6.61 Å². The summed E-state index contributed by atoms with van der Waals surface area (Å²) in [7, 11) is -3.35. The summed E-state index contributed by atoms with van der Waals surface area (Å²) in [4.78, 5) is 12.2. The highest BCUT2D eigenvalue weighted by Gasteiger charge is 2.37. The van der Waals surface area contributed by atoms with Crippen molar-refractivity contribution in [1.82, 2.24) is 5.32 Å². The number of carbonyl (C=O) groups is 1. The summed E-state index contributed by atoms with van der Waals surface area (Å²) < 4.78 is 24.2. The Bertz CT molecular complexity index is 674. The van der Waals surface area contributed by atoms with E-state index in [4.69, 9.17) is 20.9 Å². The molecule has 4 atom stereocenters. The van der Waals surface area contributed by atoms with E-state index in [1.807, 2.05) is 19.1 Å². The Balaban J connectivity index is 3.16. The van der Waals surface area contributed by atoms with E-state index in [9.17, 15) is 14.5 Å². The Morgan fingerprint density at radius 1 is 1.25 bits per heavy atom. The number of rotatable bonds is 9. The predicted molar refractivity (Wildman–Crippen MR) is 113 cm³/mol. The first-order chi connectivity index (χ1) is 12.9. The predicted octanol–water partition coefficient (Wildman–Crippen LogP) is 5.38. The molecular formula is C20H33ClNO5P. The van der Waals surface area contributed by atoms with Crippen LogP contribution in [0.5, 0.6) is 0 Å². The van der Waals surface area contributed by atoms with E-state index in [1.54, 1.807) is 46.8 Å². The highest BCUT2D eigenvalue weighted by Crippen LogP contribution is 2.55. The molecule has 8 heteroatoms. The van der Waals surface area contributed by atoms with E-state index in [0.29, 0.717) is 11.4 Å². The van der Waals surface area contributed by atoms with E-state index >= 15 is 0 Å². The molecule has 0 spiro atoms. The summed E-state index contributed by atoms with van der Waals surface area (Å²) in [5.41, 5.74) is 0.217. The average Bonchev–Trinajstić information content (AvgIpc) is 2.58. The van der Waals surface area contributed by atoms with Gasteiger partial charge in [0.25, 0.3) is 0 Å². The van der Waals surface area contributed by atoms with Crippen LogP contribution in [-0.4, -0.2) is 41.5 Å². The third-order valence-corrected chi connectivity index (χ3v) is 7.39. The maximum absolute atomic E-state index is 13.4. The fraction of sp³-hybridized carbons (Fsp3) is 0.650. The fourth-order valence-corrected chi connectivity index (χ4v) is 5.60. The number of amides is 1. The minimum absolute atomic E-state index is 0.0917. The molecule has 1 aromatic rings. The highest BCUT2D eigenvalue weighted by molar-refractivity contribution is 7.59. The zero-order valence-corrected chi connectivity index (χ0v) is 19.2. The van der Waals surface area contributed by atoms with Crippen LogP contribution in [-0.2, 0) is 13.8 Å². The lowest BCUT2D eigenvalue weighted by Gasteiger charge is -2.31. The van der Waals surface area contributed by atoms with Gasteiger partial charge in [-0.1, -0.05) is 30.7 Å². The van der Waals surface area contributed by atoms with Gasteiger partial charge in [0.1, 0.15) is 11.4 Å². The molecule has 0 radical (unpaired) electrons. The molecule has 1 amide bonds. The SMILES string of the molecule is CCOP(=O)(CC(c1ccc(Cl)cc1)C(C)NC(=O)OC(C)(C)C)C(O)CC. The Labute approximate surface area is 173 Å². The summed E-state index contributed by atoms with van der Waals surface area (Å²) >= 11 is 6.00. The molecule has 0 aromatic heterocycles. The maximum Gasteiger partial charge on any atom is 0.407 e. The van der Waals surface area contributed by atoms with Crippen molar-refractivity contribution >= 4 is 25.1 Å². The van der Waals surface area contributed by atoms with Crippen molar-refractivity contribution in [2.24, 2.45) is 0 Å². The van der Waals surface area contributed by atoms with Gasteiger partial charge < -0.3 is 19.7 Å². The molecule has 0 saturated heterocycles. The number of hydrogen-bond donors (Lipinski definition) is 2. The van der Waals surface area contributed by atoms with Crippen molar-refractivity contribution < 1.29 is 23.7 Å². The molecule has 28 heavy (non-hydrogen) atoms. The number of nitrogens with one attached hydrogen (secondary N) is 1. The van der Waals surface area contributed by atoms with Crippen LogP contribution in [0, 0.1) is 0 Å². The van der Waals surface area contributed by atoms with Crippen LogP contribution in [0.25, 0.3) is 0 Å². The lowest BCUT2D eigenvalue weighted by atomic mass is 9.94. The molecule has 0 fully saturated rings. The lowest BCUT2D eigenvalue weighted by Crippen LogP contribution is -2.41. The van der Waals surface area contributed by atoms with Gasteiger partial charge in [0.15, 0.2) is 0 Å². The van der Waals surface area contributed by atoms with Crippen LogP contribution >= 0.6 is 19.0 Å². The Morgan fingerprint density at radius 2 is 1.82 bits per heavy atom. The molecule has 160 valence electrons. The summed E-state index contributed by atoms with van der Waals surface area (Å²) in [5.74, 6) is -1.42. The number of hydrogen-bond acceptors (Lipinski definition) is 5. The second kappa shape index (κ2) is 10.6. The van der Waals surface area contributed by atoms with E-state index in [-0.39, 0.29) is 18.7 Å². The number of aliphatic hydroxyl groups is 1. The summed E-state index contributed by atoms with van der Waals surface area (Å²) in [6.45, 7) is 10.9. The van der Waals surface area contributed by atoms with Gasteiger partial charge in [0, 0.05) is 23.1 Å². The second-order valence-electron chi connectivity index (χ2n) is 7.81. The number of benzene rings is 1. The molecule has 0 aliphatic rings. The largest absolute Gasteiger partial charge is 0.444 e. The van der Waals surface area contributed by atoms with E-state index in [1.165, 1.54) is 0 Å². The van der Waals surface area contributed by atoms with Crippen molar-refractivity contribution in [3.05, 3.63) is 34.9 Å². The molecule has 2 N–H and O–H groups in total. The second-order valence-corrected chi connectivity index (χ2v) is 10.9. The smallest absolute Gasteiger partial charge is 0.407 e. The summed E-state index contributed by atoms with van der Waals surface area (Å²) in [6, 6.07) is 6.73. The van der Waals surface area contributed by atoms with Gasteiger partial charge >= 0.3 is 6.09 Å². The Kier molecular flexibility index (Phi) is 9.48. The monoisotopic (exact) mass is 433 g/mol. The summed E-state index contributed by atoms with van der Waals surface area (Å²) in [5, 5.41) is 13.7. The van der Waals surface area contributed by atoms with Gasteiger partial charge in [-0.2, -0.15) is 0 Å². The molecule has 0 aliphatic carbocycles. The molecule has 0 heterocycles. The van der Waals surface area contributed by atoms with E-state index in [0.717, 1.165) is 5.56 Å². The highest BCUT2D eigenvalue weighted by atomic mass is 35.5. The van der Waals surface area contributed by atoms with Gasteiger partial charge in [0.2, 0.25) is 7.37 Å². The number of aliphatic hydroxyl groups excluding tert-OH is 1. The zero-order valence-electron chi connectivity index (χ0n) is 17.6. The first kappa shape index (κ1) is 25.0. The standard InChI is InChI=1S/C20H33ClNO5P/c1-7-18(23)28(25,26-8-2)13-17(15-9-11-16(21)12-10-15)14(3)22-19(24)27-20(4,5)6/h9-12,14,17-18,23H,7-8,13H2,1-6H3,(H,22,24).